The lowest BCUT2D eigenvalue weighted by atomic mass is 10.2. The molecule has 1 heterocycles. The van der Waals surface area contributed by atoms with Crippen LogP contribution in [0.2, 0.25) is 0 Å². The summed E-state index contributed by atoms with van der Waals surface area (Å²) < 4.78 is 1.94. The minimum Gasteiger partial charge on any atom is -0.355 e. The van der Waals surface area contributed by atoms with Crippen LogP contribution >= 0.6 is 0 Å². The van der Waals surface area contributed by atoms with Gasteiger partial charge in [-0.1, -0.05) is 48.5 Å². The number of hydrogen-bond acceptors (Lipinski definition) is 2. The van der Waals surface area contributed by atoms with Crippen molar-refractivity contribution in [1.29, 1.82) is 0 Å². The first-order valence-corrected chi connectivity index (χ1v) is 7.73. The van der Waals surface area contributed by atoms with E-state index in [4.69, 9.17) is 0 Å². The lowest BCUT2D eigenvalue weighted by molar-refractivity contribution is -0.121. The maximum atomic E-state index is 12.0. The molecule has 3 rings (SSSR count). The highest BCUT2D eigenvalue weighted by Gasteiger charge is 2.11. The second-order valence-corrected chi connectivity index (χ2v) is 5.24. The maximum Gasteiger partial charge on any atom is 0.240 e. The molecule has 0 fully saturated rings. The molecule has 2 aromatic carbocycles. The molecular formula is C19H19N3O. The lowest BCUT2D eigenvalue weighted by Gasteiger charge is -2.07. The third-order valence-corrected chi connectivity index (χ3v) is 3.58. The summed E-state index contributed by atoms with van der Waals surface area (Å²) in [6.07, 6.45) is 3.96. The van der Waals surface area contributed by atoms with Crippen molar-refractivity contribution < 1.29 is 4.79 Å². The molecule has 116 valence electrons. The van der Waals surface area contributed by atoms with Gasteiger partial charge in [0.15, 0.2) is 0 Å². The second kappa shape index (κ2) is 6.92. The van der Waals surface area contributed by atoms with Gasteiger partial charge in [-0.15, -0.1) is 0 Å². The summed E-state index contributed by atoms with van der Waals surface area (Å²) in [5.41, 5.74) is 2.96. The fraction of sp³-hybridized carbons (Fsp3) is 0.158. The number of nitrogens with one attached hydrogen (secondary N) is 1. The molecule has 1 aromatic heterocycles. The van der Waals surface area contributed by atoms with E-state index in [1.807, 2.05) is 78.2 Å². The molecule has 0 radical (unpaired) electrons. The molecule has 0 spiro atoms. The van der Waals surface area contributed by atoms with Crippen molar-refractivity contribution in [3.8, 4) is 0 Å². The van der Waals surface area contributed by atoms with Crippen LogP contribution in [0.4, 0.5) is 0 Å². The van der Waals surface area contributed by atoms with Crippen molar-refractivity contribution in [3.05, 3.63) is 66.0 Å². The number of imidazole rings is 1. The molecule has 0 aliphatic rings. The molecule has 0 atom stereocenters. The molecule has 0 aliphatic heterocycles. The molecule has 0 unspecified atom stereocenters. The van der Waals surface area contributed by atoms with Crippen LogP contribution in [0.3, 0.4) is 0 Å². The fourth-order valence-electron chi connectivity index (χ4n) is 2.52. The molecule has 4 heteroatoms. The number of amides is 1. The minimum absolute atomic E-state index is 0.00925. The smallest absolute Gasteiger partial charge is 0.240 e. The SMILES string of the molecule is CCNC(=O)Cn1c(/C=C/c2ccccc2)nc2ccccc21. The number of carbonyl (C=O) groups excluding carboxylic acids is 1. The van der Waals surface area contributed by atoms with Gasteiger partial charge in [0.05, 0.1) is 11.0 Å². The zero-order chi connectivity index (χ0) is 16.1. The predicted octanol–water partition coefficient (Wildman–Crippen LogP) is 3.34. The Bertz CT molecular complexity index is 834. The molecule has 0 saturated carbocycles. The first-order valence-electron chi connectivity index (χ1n) is 7.73. The van der Waals surface area contributed by atoms with Gasteiger partial charge in [0, 0.05) is 6.54 Å². The molecular weight excluding hydrogens is 286 g/mol. The first kappa shape index (κ1) is 15.0. The van der Waals surface area contributed by atoms with E-state index in [9.17, 15) is 4.79 Å². The Kier molecular flexibility index (Phi) is 4.52. The van der Waals surface area contributed by atoms with Crippen molar-refractivity contribution in [2.75, 3.05) is 6.54 Å². The van der Waals surface area contributed by atoms with Gasteiger partial charge >= 0.3 is 0 Å². The fourth-order valence-corrected chi connectivity index (χ4v) is 2.52. The second-order valence-electron chi connectivity index (χ2n) is 5.24. The van der Waals surface area contributed by atoms with Crippen LogP contribution in [0, 0.1) is 0 Å². The van der Waals surface area contributed by atoms with Gasteiger partial charge in [-0.05, 0) is 30.7 Å². The van der Waals surface area contributed by atoms with Gasteiger partial charge in [-0.3, -0.25) is 4.79 Å². The Hall–Kier alpha value is -2.88. The van der Waals surface area contributed by atoms with Gasteiger partial charge < -0.3 is 9.88 Å². The highest BCUT2D eigenvalue weighted by Crippen LogP contribution is 2.18. The third kappa shape index (κ3) is 3.48. The Morgan fingerprint density at radius 3 is 2.61 bits per heavy atom. The lowest BCUT2D eigenvalue weighted by Crippen LogP contribution is -2.27. The van der Waals surface area contributed by atoms with E-state index in [0.29, 0.717) is 6.54 Å². The standard InChI is InChI=1S/C19H19N3O/c1-2-20-19(23)14-22-17-11-7-6-10-16(17)21-18(22)13-12-15-8-4-3-5-9-15/h3-13H,2,14H2,1H3,(H,20,23)/b13-12+. The quantitative estimate of drug-likeness (QED) is 0.786. The van der Waals surface area contributed by atoms with E-state index in [1.54, 1.807) is 0 Å². The van der Waals surface area contributed by atoms with Crippen LogP contribution in [0.15, 0.2) is 54.6 Å². The Morgan fingerprint density at radius 2 is 1.83 bits per heavy atom. The summed E-state index contributed by atoms with van der Waals surface area (Å²) in [5, 5.41) is 2.84. The molecule has 23 heavy (non-hydrogen) atoms. The average Bonchev–Trinajstić information content (AvgIpc) is 2.92. The largest absolute Gasteiger partial charge is 0.355 e. The average molecular weight is 305 g/mol. The third-order valence-electron chi connectivity index (χ3n) is 3.58. The van der Waals surface area contributed by atoms with Crippen molar-refractivity contribution in [3.63, 3.8) is 0 Å². The Labute approximate surface area is 135 Å². The highest BCUT2D eigenvalue weighted by molar-refractivity contribution is 5.83. The number of benzene rings is 2. The van der Waals surface area contributed by atoms with Gasteiger partial charge in [0.2, 0.25) is 5.91 Å². The molecule has 3 aromatic rings. The van der Waals surface area contributed by atoms with Crippen molar-refractivity contribution in [2.24, 2.45) is 0 Å². The number of aromatic nitrogens is 2. The summed E-state index contributed by atoms with van der Waals surface area (Å²) >= 11 is 0. The summed E-state index contributed by atoms with van der Waals surface area (Å²) in [6.45, 7) is 2.81. The molecule has 1 N–H and O–H groups in total. The zero-order valence-electron chi connectivity index (χ0n) is 13.1. The van der Waals surface area contributed by atoms with Crippen LogP contribution in [-0.4, -0.2) is 22.0 Å². The Balaban J connectivity index is 1.98. The van der Waals surface area contributed by atoms with E-state index in [0.717, 1.165) is 22.4 Å². The summed E-state index contributed by atoms with van der Waals surface area (Å²) in [6, 6.07) is 17.9. The topological polar surface area (TPSA) is 46.9 Å². The van der Waals surface area contributed by atoms with Crippen LogP contribution in [0.25, 0.3) is 23.2 Å². The minimum atomic E-state index is -0.00925. The predicted molar refractivity (Wildman–Crippen MR) is 93.8 cm³/mol. The summed E-state index contributed by atoms with van der Waals surface area (Å²) in [4.78, 5) is 16.6. The zero-order valence-corrected chi connectivity index (χ0v) is 13.1. The van der Waals surface area contributed by atoms with E-state index in [-0.39, 0.29) is 12.5 Å². The summed E-state index contributed by atoms with van der Waals surface area (Å²) in [7, 11) is 0. The molecule has 0 saturated heterocycles. The monoisotopic (exact) mass is 305 g/mol. The van der Waals surface area contributed by atoms with Gasteiger partial charge in [-0.2, -0.15) is 0 Å². The highest BCUT2D eigenvalue weighted by atomic mass is 16.1. The number of likely N-dealkylation sites (N-methyl/N-ethyl adjacent to an activating group) is 1. The molecule has 0 bridgehead atoms. The maximum absolute atomic E-state index is 12.0. The van der Waals surface area contributed by atoms with Crippen molar-refractivity contribution >= 4 is 29.1 Å². The van der Waals surface area contributed by atoms with Crippen LogP contribution in [0.5, 0.6) is 0 Å². The van der Waals surface area contributed by atoms with Gasteiger partial charge in [-0.25, -0.2) is 4.98 Å². The number of rotatable bonds is 5. The van der Waals surface area contributed by atoms with E-state index in [1.165, 1.54) is 0 Å². The van der Waals surface area contributed by atoms with Gasteiger partial charge in [0.25, 0.3) is 0 Å². The number of fused-ring (bicyclic) bond motifs is 1. The normalized spacial score (nSPS) is 11.2. The van der Waals surface area contributed by atoms with E-state index in [2.05, 4.69) is 10.3 Å². The number of hydrogen-bond donors (Lipinski definition) is 1. The number of carbonyl (C=O) groups is 1. The van der Waals surface area contributed by atoms with Crippen molar-refractivity contribution in [1.82, 2.24) is 14.9 Å². The number of para-hydroxylation sites is 2. The number of nitrogens with zero attached hydrogens (tertiary/aromatic N) is 2. The summed E-state index contributed by atoms with van der Waals surface area (Å²) in [5.74, 6) is 0.770. The Morgan fingerprint density at radius 1 is 1.09 bits per heavy atom. The van der Waals surface area contributed by atoms with E-state index < -0.39 is 0 Å². The first-order chi connectivity index (χ1) is 11.3. The molecule has 1 amide bonds. The van der Waals surface area contributed by atoms with Crippen LogP contribution < -0.4 is 5.32 Å². The van der Waals surface area contributed by atoms with Gasteiger partial charge in [0.1, 0.15) is 12.4 Å². The molecule has 4 nitrogen and oxygen atoms in total. The van der Waals surface area contributed by atoms with E-state index >= 15 is 0 Å². The van der Waals surface area contributed by atoms with Crippen LogP contribution in [0.1, 0.15) is 18.3 Å². The van der Waals surface area contributed by atoms with Crippen molar-refractivity contribution in [2.45, 2.75) is 13.5 Å². The molecule has 0 aliphatic carbocycles. The van der Waals surface area contributed by atoms with Crippen LogP contribution in [-0.2, 0) is 11.3 Å².